The van der Waals surface area contributed by atoms with Gasteiger partial charge in [-0.05, 0) is 36.3 Å². The molecule has 0 saturated heterocycles. The molecule has 0 aliphatic heterocycles. The summed E-state index contributed by atoms with van der Waals surface area (Å²) in [6.07, 6.45) is 1.22. The highest BCUT2D eigenvalue weighted by molar-refractivity contribution is 7.87. The number of hydrogen-bond acceptors (Lipinski definition) is 4. The maximum absolute atomic E-state index is 12.6. The van der Waals surface area contributed by atoms with E-state index in [1.807, 2.05) is 6.92 Å². The van der Waals surface area contributed by atoms with E-state index in [1.165, 1.54) is 6.08 Å². The lowest BCUT2D eigenvalue weighted by Gasteiger charge is -2.13. The summed E-state index contributed by atoms with van der Waals surface area (Å²) in [4.78, 5) is 11.3. The molecule has 0 spiro atoms. The molecule has 1 N–H and O–H groups in total. The Balaban J connectivity index is 2.00. The molecule has 0 bridgehead atoms. The zero-order valence-corrected chi connectivity index (χ0v) is 13.1. The summed E-state index contributed by atoms with van der Waals surface area (Å²) < 4.78 is 30.3. The van der Waals surface area contributed by atoms with Crippen molar-refractivity contribution in [2.24, 2.45) is 0 Å². The van der Waals surface area contributed by atoms with Crippen molar-refractivity contribution in [1.82, 2.24) is 0 Å². The minimum Gasteiger partial charge on any atom is -0.478 e. The molecule has 2 aromatic carbocycles. The van der Waals surface area contributed by atoms with Crippen LogP contribution in [0, 0.1) is 6.92 Å². The molecule has 6 heteroatoms. The quantitative estimate of drug-likeness (QED) is 0.872. The average Bonchev–Trinajstić information content (AvgIpc) is 2.90. The Bertz CT molecular complexity index is 895. The molecule has 118 valence electrons. The van der Waals surface area contributed by atoms with Gasteiger partial charge in [0.25, 0.3) is 0 Å². The smallest absolute Gasteiger partial charge is 0.336 e. The van der Waals surface area contributed by atoms with Crippen LogP contribution in [0.25, 0.3) is 5.57 Å². The summed E-state index contributed by atoms with van der Waals surface area (Å²) in [6, 6.07) is 13.2. The number of carboxylic acids is 1. The molecule has 1 unspecified atom stereocenters. The van der Waals surface area contributed by atoms with E-state index in [1.54, 1.807) is 48.5 Å². The molecular formula is C17H14O5S. The number of hydrogen-bond donors (Lipinski definition) is 1. The zero-order chi connectivity index (χ0) is 16.6. The predicted molar refractivity (Wildman–Crippen MR) is 85.5 cm³/mol. The van der Waals surface area contributed by atoms with Crippen LogP contribution in [0.1, 0.15) is 21.9 Å². The van der Waals surface area contributed by atoms with Gasteiger partial charge in [0.1, 0.15) is 11.0 Å². The normalized spacial score (nSPS) is 16.6. The monoisotopic (exact) mass is 330 g/mol. The van der Waals surface area contributed by atoms with Gasteiger partial charge >= 0.3 is 16.1 Å². The van der Waals surface area contributed by atoms with Crippen LogP contribution in [0.5, 0.6) is 5.75 Å². The number of aliphatic carboxylic acids is 1. The molecule has 0 heterocycles. The molecule has 1 aliphatic carbocycles. The Morgan fingerprint density at radius 3 is 2.39 bits per heavy atom. The standard InChI is InChI=1S/C17H14O5S/c1-11-6-8-12(9-7-11)22-23(20,21)16-10-15(17(18)19)13-4-2-3-5-14(13)16/h2-10,16H,1H3,(H,18,19). The summed E-state index contributed by atoms with van der Waals surface area (Å²) in [6.45, 7) is 1.88. The second-order valence-corrected chi connectivity index (χ2v) is 6.94. The SMILES string of the molecule is Cc1ccc(OS(=O)(=O)C2C=C(C(=O)O)c3ccccc32)cc1. The molecular weight excluding hydrogens is 316 g/mol. The molecule has 0 saturated carbocycles. The lowest BCUT2D eigenvalue weighted by atomic mass is 10.1. The van der Waals surface area contributed by atoms with Crippen molar-refractivity contribution >= 4 is 21.7 Å². The van der Waals surface area contributed by atoms with Crippen molar-refractivity contribution in [3.05, 3.63) is 71.3 Å². The zero-order valence-electron chi connectivity index (χ0n) is 12.3. The molecule has 2 aromatic rings. The van der Waals surface area contributed by atoms with E-state index in [0.29, 0.717) is 11.1 Å². The first-order valence-electron chi connectivity index (χ1n) is 6.93. The van der Waals surface area contributed by atoms with Crippen LogP contribution in [-0.4, -0.2) is 19.5 Å². The number of carboxylic acid groups (broad SMARTS) is 1. The van der Waals surface area contributed by atoms with Gasteiger partial charge in [0, 0.05) is 0 Å². The van der Waals surface area contributed by atoms with Crippen molar-refractivity contribution in [3.8, 4) is 5.75 Å². The molecule has 3 rings (SSSR count). The fourth-order valence-corrected chi connectivity index (χ4v) is 3.83. The molecule has 23 heavy (non-hydrogen) atoms. The third-order valence-corrected chi connectivity index (χ3v) is 5.09. The topological polar surface area (TPSA) is 80.7 Å². The van der Waals surface area contributed by atoms with E-state index in [-0.39, 0.29) is 11.3 Å². The minimum absolute atomic E-state index is 0.0262. The first-order valence-corrected chi connectivity index (χ1v) is 8.40. The molecule has 1 aliphatic rings. The summed E-state index contributed by atoms with van der Waals surface area (Å²) >= 11 is 0. The van der Waals surface area contributed by atoms with Crippen molar-refractivity contribution < 1.29 is 22.5 Å². The van der Waals surface area contributed by atoms with Gasteiger partial charge < -0.3 is 9.29 Å². The van der Waals surface area contributed by atoms with Crippen molar-refractivity contribution in [2.45, 2.75) is 12.2 Å². The van der Waals surface area contributed by atoms with E-state index in [9.17, 15) is 18.3 Å². The third kappa shape index (κ3) is 2.85. The lowest BCUT2D eigenvalue weighted by molar-refractivity contribution is -0.130. The molecule has 0 amide bonds. The van der Waals surface area contributed by atoms with Crippen molar-refractivity contribution in [2.75, 3.05) is 0 Å². The van der Waals surface area contributed by atoms with Crippen LogP contribution < -0.4 is 4.18 Å². The second kappa shape index (κ2) is 5.55. The van der Waals surface area contributed by atoms with Crippen molar-refractivity contribution in [1.29, 1.82) is 0 Å². The lowest BCUT2D eigenvalue weighted by Crippen LogP contribution is -2.16. The van der Waals surface area contributed by atoms with Crippen LogP contribution in [0.2, 0.25) is 0 Å². The summed E-state index contributed by atoms with van der Waals surface area (Å²) in [5.74, 6) is -0.962. The summed E-state index contributed by atoms with van der Waals surface area (Å²) in [5, 5.41) is 8.13. The van der Waals surface area contributed by atoms with Crippen LogP contribution in [0.4, 0.5) is 0 Å². The number of fused-ring (bicyclic) bond motifs is 1. The Labute approximate surface area is 134 Å². The maximum atomic E-state index is 12.6. The van der Waals surface area contributed by atoms with Crippen LogP contribution in [0.15, 0.2) is 54.6 Å². The minimum atomic E-state index is -4.05. The van der Waals surface area contributed by atoms with Gasteiger partial charge in [0.2, 0.25) is 0 Å². The number of rotatable bonds is 4. The van der Waals surface area contributed by atoms with Crippen molar-refractivity contribution in [3.63, 3.8) is 0 Å². The third-order valence-electron chi connectivity index (χ3n) is 3.65. The highest BCUT2D eigenvalue weighted by Crippen LogP contribution is 2.40. The first kappa shape index (κ1) is 15.3. The van der Waals surface area contributed by atoms with E-state index < -0.39 is 21.3 Å². The Morgan fingerprint density at radius 2 is 1.74 bits per heavy atom. The van der Waals surface area contributed by atoms with E-state index in [2.05, 4.69) is 0 Å². The molecule has 0 radical (unpaired) electrons. The molecule has 0 aromatic heterocycles. The summed E-state index contributed by atoms with van der Waals surface area (Å²) in [5.41, 5.74) is 1.77. The van der Waals surface area contributed by atoms with Gasteiger partial charge in [0.15, 0.2) is 0 Å². The van der Waals surface area contributed by atoms with E-state index in [4.69, 9.17) is 4.18 Å². The largest absolute Gasteiger partial charge is 0.478 e. The molecule has 1 atom stereocenters. The highest BCUT2D eigenvalue weighted by Gasteiger charge is 2.36. The number of benzene rings is 2. The van der Waals surface area contributed by atoms with E-state index in [0.717, 1.165) is 5.56 Å². The molecule has 0 fully saturated rings. The summed E-state index contributed by atoms with van der Waals surface area (Å²) in [7, 11) is -4.05. The molecule has 5 nitrogen and oxygen atoms in total. The van der Waals surface area contributed by atoms with Crippen LogP contribution in [-0.2, 0) is 14.9 Å². The van der Waals surface area contributed by atoms with E-state index >= 15 is 0 Å². The second-order valence-electron chi connectivity index (χ2n) is 5.28. The maximum Gasteiger partial charge on any atom is 0.336 e. The van der Waals surface area contributed by atoms with Gasteiger partial charge in [-0.15, -0.1) is 0 Å². The Morgan fingerprint density at radius 1 is 1.09 bits per heavy atom. The fraction of sp³-hybridized carbons (Fsp3) is 0.118. The van der Waals surface area contributed by atoms with Gasteiger partial charge in [-0.2, -0.15) is 8.42 Å². The Kier molecular flexibility index (Phi) is 3.69. The van der Waals surface area contributed by atoms with Crippen LogP contribution in [0.3, 0.4) is 0 Å². The van der Waals surface area contributed by atoms with Gasteiger partial charge in [0.05, 0.1) is 5.57 Å². The van der Waals surface area contributed by atoms with Gasteiger partial charge in [-0.1, -0.05) is 42.0 Å². The van der Waals surface area contributed by atoms with Gasteiger partial charge in [-0.25, -0.2) is 4.79 Å². The fourth-order valence-electron chi connectivity index (χ4n) is 2.53. The predicted octanol–water partition coefficient (Wildman–Crippen LogP) is 2.93. The average molecular weight is 330 g/mol. The first-order chi connectivity index (χ1) is 10.9. The Hall–Kier alpha value is -2.60. The number of carbonyl (C=O) groups is 1. The van der Waals surface area contributed by atoms with Crippen LogP contribution >= 0.6 is 0 Å². The highest BCUT2D eigenvalue weighted by atomic mass is 32.2. The number of aryl methyl sites for hydroxylation is 1. The van der Waals surface area contributed by atoms with Gasteiger partial charge in [-0.3, -0.25) is 0 Å².